The third kappa shape index (κ3) is 6.24. The zero-order chi connectivity index (χ0) is 14.3. The molecule has 0 bridgehead atoms. The standard InChI is InChI=1S/C13H16BrNO4/c1-15(7-5-13(17)18)12(16)6-8-19-11-4-2-3-10(14)9-11/h2-4,9H,5-8H2,1H3,(H,17,18). The lowest BCUT2D eigenvalue weighted by molar-refractivity contribution is -0.138. The summed E-state index contributed by atoms with van der Waals surface area (Å²) in [5, 5.41) is 8.53. The van der Waals surface area contributed by atoms with Gasteiger partial charge < -0.3 is 14.7 Å². The number of hydrogen-bond acceptors (Lipinski definition) is 3. The normalized spacial score (nSPS) is 10.0. The van der Waals surface area contributed by atoms with Crippen LogP contribution in [0.5, 0.6) is 5.75 Å². The maximum absolute atomic E-state index is 11.7. The van der Waals surface area contributed by atoms with Crippen molar-refractivity contribution in [3.8, 4) is 5.75 Å². The molecule has 0 aliphatic carbocycles. The van der Waals surface area contributed by atoms with Crippen LogP contribution < -0.4 is 4.74 Å². The molecule has 0 fully saturated rings. The summed E-state index contributed by atoms with van der Waals surface area (Å²) in [5.41, 5.74) is 0. The number of ether oxygens (including phenoxy) is 1. The first kappa shape index (κ1) is 15.5. The SMILES string of the molecule is CN(CCC(=O)O)C(=O)CCOc1cccc(Br)c1. The van der Waals surface area contributed by atoms with Gasteiger partial charge >= 0.3 is 5.97 Å². The van der Waals surface area contributed by atoms with E-state index in [1.807, 2.05) is 24.3 Å². The van der Waals surface area contributed by atoms with Crippen LogP contribution in [0.25, 0.3) is 0 Å². The first-order valence-electron chi connectivity index (χ1n) is 5.83. The topological polar surface area (TPSA) is 66.8 Å². The van der Waals surface area contributed by atoms with Gasteiger partial charge in [-0.15, -0.1) is 0 Å². The molecule has 1 aromatic carbocycles. The highest BCUT2D eigenvalue weighted by molar-refractivity contribution is 9.10. The maximum atomic E-state index is 11.7. The number of hydrogen-bond donors (Lipinski definition) is 1. The summed E-state index contributed by atoms with van der Waals surface area (Å²) >= 11 is 3.33. The Kier molecular flexibility index (Phi) is 6.35. The molecular weight excluding hydrogens is 314 g/mol. The second-order valence-electron chi connectivity index (χ2n) is 4.01. The third-order valence-electron chi connectivity index (χ3n) is 2.47. The summed E-state index contributed by atoms with van der Waals surface area (Å²) in [5.74, 6) is -0.350. The summed E-state index contributed by atoms with van der Waals surface area (Å²) in [6.45, 7) is 0.484. The van der Waals surface area contributed by atoms with Crippen LogP contribution in [0.2, 0.25) is 0 Å². The lowest BCUT2D eigenvalue weighted by atomic mass is 10.3. The van der Waals surface area contributed by atoms with Crippen molar-refractivity contribution in [1.29, 1.82) is 0 Å². The zero-order valence-corrected chi connectivity index (χ0v) is 12.2. The van der Waals surface area contributed by atoms with E-state index in [9.17, 15) is 9.59 Å². The fourth-order valence-electron chi connectivity index (χ4n) is 1.39. The summed E-state index contributed by atoms with van der Waals surface area (Å²) in [4.78, 5) is 23.4. The Balaban J connectivity index is 2.28. The van der Waals surface area contributed by atoms with Gasteiger partial charge in [0.05, 0.1) is 19.4 Å². The predicted molar refractivity (Wildman–Crippen MR) is 74.1 cm³/mol. The van der Waals surface area contributed by atoms with E-state index >= 15 is 0 Å². The van der Waals surface area contributed by atoms with Crippen LogP contribution in [0.4, 0.5) is 0 Å². The van der Waals surface area contributed by atoms with Gasteiger partial charge in [0.15, 0.2) is 0 Å². The lowest BCUT2D eigenvalue weighted by Crippen LogP contribution is -2.30. The summed E-state index contributed by atoms with van der Waals surface area (Å²) in [6.07, 6.45) is 0.178. The van der Waals surface area contributed by atoms with E-state index in [1.165, 1.54) is 4.90 Å². The number of carbonyl (C=O) groups is 2. The molecule has 1 N–H and O–H groups in total. The van der Waals surface area contributed by atoms with Crippen LogP contribution in [0.15, 0.2) is 28.7 Å². The first-order valence-corrected chi connectivity index (χ1v) is 6.62. The molecule has 6 heteroatoms. The number of aliphatic carboxylic acids is 1. The lowest BCUT2D eigenvalue weighted by Gasteiger charge is -2.16. The van der Waals surface area contributed by atoms with E-state index in [1.54, 1.807) is 7.05 Å². The number of carbonyl (C=O) groups excluding carboxylic acids is 1. The van der Waals surface area contributed by atoms with Gasteiger partial charge in [-0.3, -0.25) is 9.59 Å². The summed E-state index contributed by atoms with van der Waals surface area (Å²) < 4.78 is 6.35. The minimum atomic E-state index is -0.912. The van der Waals surface area contributed by atoms with E-state index in [0.717, 1.165) is 4.47 Å². The van der Waals surface area contributed by atoms with Gasteiger partial charge in [0, 0.05) is 18.1 Å². The Morgan fingerprint density at radius 3 is 2.74 bits per heavy atom. The Morgan fingerprint density at radius 1 is 1.37 bits per heavy atom. The van der Waals surface area contributed by atoms with Gasteiger partial charge in [-0.1, -0.05) is 22.0 Å². The molecule has 19 heavy (non-hydrogen) atoms. The van der Waals surface area contributed by atoms with Gasteiger partial charge in [-0.2, -0.15) is 0 Å². The van der Waals surface area contributed by atoms with E-state index in [0.29, 0.717) is 5.75 Å². The highest BCUT2D eigenvalue weighted by atomic mass is 79.9. The second-order valence-corrected chi connectivity index (χ2v) is 4.93. The van der Waals surface area contributed by atoms with Crippen LogP contribution in [0.1, 0.15) is 12.8 Å². The highest BCUT2D eigenvalue weighted by Gasteiger charge is 2.10. The predicted octanol–water partition coefficient (Wildman–Crippen LogP) is 2.15. The van der Waals surface area contributed by atoms with Gasteiger partial charge in [0.2, 0.25) is 5.91 Å². The Bertz CT molecular complexity index is 450. The number of halogens is 1. The fraction of sp³-hybridized carbons (Fsp3) is 0.385. The molecule has 0 aliphatic heterocycles. The van der Waals surface area contributed by atoms with Gasteiger partial charge in [-0.25, -0.2) is 0 Å². The molecule has 0 spiro atoms. The Morgan fingerprint density at radius 2 is 2.11 bits per heavy atom. The molecule has 0 heterocycles. The van der Waals surface area contributed by atoms with Gasteiger partial charge in [0.25, 0.3) is 0 Å². The molecule has 104 valence electrons. The molecule has 0 aliphatic rings. The van der Waals surface area contributed by atoms with E-state index in [2.05, 4.69) is 15.9 Å². The number of carboxylic acids is 1. The number of nitrogens with zero attached hydrogens (tertiary/aromatic N) is 1. The zero-order valence-electron chi connectivity index (χ0n) is 10.6. The number of amides is 1. The van der Waals surface area contributed by atoms with Crippen LogP contribution in [-0.4, -0.2) is 42.1 Å². The molecular formula is C13H16BrNO4. The molecule has 1 amide bonds. The number of benzene rings is 1. The third-order valence-corrected chi connectivity index (χ3v) is 2.96. The molecule has 0 aromatic heterocycles. The molecule has 0 saturated carbocycles. The van der Waals surface area contributed by atoms with E-state index < -0.39 is 5.97 Å². The average molecular weight is 330 g/mol. The largest absolute Gasteiger partial charge is 0.493 e. The molecule has 0 saturated heterocycles. The van der Waals surface area contributed by atoms with E-state index in [4.69, 9.17) is 9.84 Å². The molecule has 5 nitrogen and oxygen atoms in total. The fourth-order valence-corrected chi connectivity index (χ4v) is 1.77. The van der Waals surface area contributed by atoms with Crippen molar-refractivity contribution in [3.05, 3.63) is 28.7 Å². The smallest absolute Gasteiger partial charge is 0.305 e. The van der Waals surface area contributed by atoms with Crippen molar-refractivity contribution in [2.75, 3.05) is 20.2 Å². The van der Waals surface area contributed by atoms with Crippen LogP contribution >= 0.6 is 15.9 Å². The minimum Gasteiger partial charge on any atom is -0.493 e. The van der Waals surface area contributed by atoms with Crippen molar-refractivity contribution < 1.29 is 19.4 Å². The maximum Gasteiger partial charge on any atom is 0.305 e. The second kappa shape index (κ2) is 7.78. The monoisotopic (exact) mass is 329 g/mol. The molecule has 0 unspecified atom stereocenters. The van der Waals surface area contributed by atoms with Crippen molar-refractivity contribution in [2.24, 2.45) is 0 Å². The number of carboxylic acid groups (broad SMARTS) is 1. The summed E-state index contributed by atoms with van der Waals surface area (Å²) in [7, 11) is 1.59. The van der Waals surface area contributed by atoms with Crippen molar-refractivity contribution in [1.82, 2.24) is 4.90 Å². The minimum absolute atomic E-state index is 0.0469. The molecule has 1 rings (SSSR count). The average Bonchev–Trinajstić information content (AvgIpc) is 2.35. The van der Waals surface area contributed by atoms with Gasteiger partial charge in [-0.05, 0) is 18.2 Å². The Hall–Kier alpha value is -1.56. The summed E-state index contributed by atoms with van der Waals surface area (Å²) in [6, 6.07) is 7.36. The molecule has 0 atom stereocenters. The molecule has 1 aromatic rings. The van der Waals surface area contributed by atoms with Gasteiger partial charge in [0.1, 0.15) is 5.75 Å². The van der Waals surface area contributed by atoms with Crippen molar-refractivity contribution in [2.45, 2.75) is 12.8 Å². The highest BCUT2D eigenvalue weighted by Crippen LogP contribution is 2.17. The Labute approximate surface area is 120 Å². The van der Waals surface area contributed by atoms with Crippen LogP contribution in [0, 0.1) is 0 Å². The number of rotatable bonds is 7. The van der Waals surface area contributed by atoms with Crippen molar-refractivity contribution >= 4 is 27.8 Å². The van der Waals surface area contributed by atoms with E-state index in [-0.39, 0.29) is 31.9 Å². The van der Waals surface area contributed by atoms with Crippen molar-refractivity contribution in [3.63, 3.8) is 0 Å². The van der Waals surface area contributed by atoms with Crippen LogP contribution in [0.3, 0.4) is 0 Å². The first-order chi connectivity index (χ1) is 8.99. The quantitative estimate of drug-likeness (QED) is 0.832. The molecule has 0 radical (unpaired) electrons. The van der Waals surface area contributed by atoms with Crippen LogP contribution in [-0.2, 0) is 9.59 Å².